The summed E-state index contributed by atoms with van der Waals surface area (Å²) in [5, 5.41) is 5.30. The van der Waals surface area contributed by atoms with Crippen LogP contribution in [0.2, 0.25) is 10.0 Å². The second kappa shape index (κ2) is 14.5. The molecule has 4 amide bonds. The topological polar surface area (TPSA) is 237 Å². The fraction of sp³-hybridized carbons (Fsp3) is 0.154. The normalized spacial score (nSPS) is 11.4. The van der Waals surface area contributed by atoms with Crippen molar-refractivity contribution in [3.8, 4) is 22.5 Å². The third-order valence-electron chi connectivity index (χ3n) is 5.53. The van der Waals surface area contributed by atoms with Crippen LogP contribution in [0, 0.1) is 0 Å². The molecule has 0 radical (unpaired) electrons. The third-order valence-corrected chi connectivity index (χ3v) is 8.84. The molecule has 4 rings (SSSR count). The molecule has 2 aromatic heterocycles. The van der Waals surface area contributed by atoms with Crippen LogP contribution in [0.4, 0.5) is 12.0 Å². The number of carbonyl (C=O) groups is 4. The molecule has 0 saturated heterocycles. The molecular weight excluding hydrogens is 691 g/mol. The van der Waals surface area contributed by atoms with E-state index >= 15 is 0 Å². The number of sulfone groups is 2. The summed E-state index contributed by atoms with van der Waals surface area (Å²) >= 11 is 11.7. The Morgan fingerprint density at radius 1 is 0.565 bits per heavy atom. The Morgan fingerprint density at radius 3 is 1.24 bits per heavy atom. The summed E-state index contributed by atoms with van der Waals surface area (Å²) in [6.45, 7) is 0. The average molecular weight is 714 g/mol. The molecule has 0 spiro atoms. The number of aromatic nitrogens is 2. The molecule has 0 bridgehead atoms. The zero-order valence-corrected chi connectivity index (χ0v) is 26.3. The minimum Gasteiger partial charge on any atom is -0.431 e. The van der Waals surface area contributed by atoms with Gasteiger partial charge in [0.2, 0.25) is 11.8 Å². The number of hydrogen-bond acceptors (Lipinski definition) is 12. The van der Waals surface area contributed by atoms with Crippen LogP contribution in [0.1, 0.15) is 0 Å². The van der Waals surface area contributed by atoms with E-state index < -0.39 is 66.3 Å². The molecule has 16 nitrogen and oxygen atoms in total. The van der Waals surface area contributed by atoms with Gasteiger partial charge in [0.1, 0.15) is 46.9 Å². The lowest BCUT2D eigenvalue weighted by Crippen LogP contribution is -2.47. The molecule has 0 aliphatic heterocycles. The van der Waals surface area contributed by atoms with Crippen LogP contribution in [0.15, 0.2) is 69.9 Å². The van der Waals surface area contributed by atoms with Crippen LogP contribution in [-0.2, 0) is 38.9 Å². The summed E-state index contributed by atoms with van der Waals surface area (Å²) in [5.74, 6) is -9.38. The lowest BCUT2D eigenvalue weighted by atomic mass is 10.2. The fourth-order valence-corrected chi connectivity index (χ4v) is 5.93. The molecule has 0 fully saturated rings. The van der Waals surface area contributed by atoms with Crippen LogP contribution >= 0.6 is 23.2 Å². The quantitative estimate of drug-likeness (QED) is 0.154. The first-order valence-corrected chi connectivity index (χ1v) is 17.1. The van der Waals surface area contributed by atoms with Crippen molar-refractivity contribution in [2.75, 3.05) is 33.6 Å². The second-order valence-electron chi connectivity index (χ2n) is 9.35. The van der Waals surface area contributed by atoms with Gasteiger partial charge in [0, 0.05) is 21.2 Å². The average Bonchev–Trinajstić information content (AvgIpc) is 3.61. The van der Waals surface area contributed by atoms with Gasteiger partial charge in [0.05, 0.1) is 0 Å². The number of oxazole rings is 2. The maximum absolute atomic E-state index is 12.3. The molecule has 0 aliphatic carbocycles. The van der Waals surface area contributed by atoms with Crippen LogP contribution in [-0.4, -0.2) is 73.4 Å². The van der Waals surface area contributed by atoms with Gasteiger partial charge in [-0.1, -0.05) is 47.5 Å². The van der Waals surface area contributed by atoms with Gasteiger partial charge in [0.25, 0.3) is 11.8 Å². The molecule has 0 atom stereocenters. The van der Waals surface area contributed by atoms with E-state index in [0.29, 0.717) is 32.6 Å². The summed E-state index contributed by atoms with van der Waals surface area (Å²) in [6, 6.07) is 12.5. The van der Waals surface area contributed by atoms with Gasteiger partial charge in [-0.05, 0) is 24.3 Å². The van der Waals surface area contributed by atoms with Crippen molar-refractivity contribution in [1.82, 2.24) is 20.8 Å². The number of halogens is 2. The highest BCUT2D eigenvalue weighted by atomic mass is 35.5. The highest BCUT2D eigenvalue weighted by Gasteiger charge is 2.25. The number of nitrogens with one attached hydrogen (secondary N) is 4. The number of amides is 4. The standard InChI is InChI=1S/C26H22Cl2N6O10S2/c27-17-5-1-15(2-6-17)19-9-43-25(29-19)31-21(35)11-45(39,40)13-23(37)33-34-24(38)14-46(41,42)12-22(36)32-26-30-20(10-44-26)16-3-7-18(28)8-4-16/h1-10H,11-14H2,(H,33,37)(H,34,38)(H,29,31,35)(H,30,32,36). The lowest BCUT2D eigenvalue weighted by molar-refractivity contribution is -0.126. The maximum atomic E-state index is 12.3. The largest absolute Gasteiger partial charge is 0.431 e. The maximum Gasteiger partial charge on any atom is 0.301 e. The minimum atomic E-state index is -4.35. The van der Waals surface area contributed by atoms with Crippen LogP contribution in [0.25, 0.3) is 22.5 Å². The molecule has 2 aromatic carbocycles. The number of hydrazine groups is 1. The van der Waals surface area contributed by atoms with Gasteiger partial charge < -0.3 is 8.83 Å². The molecule has 20 heteroatoms. The number of carbonyl (C=O) groups excluding carboxylic acids is 4. The first-order valence-electron chi connectivity index (χ1n) is 12.7. The molecule has 4 aromatic rings. The predicted octanol–water partition coefficient (Wildman–Crippen LogP) is 1.86. The van der Waals surface area contributed by atoms with Crippen molar-refractivity contribution in [3.05, 3.63) is 71.1 Å². The molecule has 4 N–H and O–H groups in total. The highest BCUT2D eigenvalue weighted by molar-refractivity contribution is 7.93. The minimum absolute atomic E-state index is 0.292. The van der Waals surface area contributed by atoms with Crippen LogP contribution in [0.5, 0.6) is 0 Å². The van der Waals surface area contributed by atoms with Crippen LogP contribution < -0.4 is 21.5 Å². The van der Waals surface area contributed by atoms with Gasteiger partial charge in [0.15, 0.2) is 19.7 Å². The van der Waals surface area contributed by atoms with E-state index in [1.54, 1.807) is 59.4 Å². The van der Waals surface area contributed by atoms with E-state index in [4.69, 9.17) is 32.0 Å². The zero-order valence-electron chi connectivity index (χ0n) is 23.2. The molecule has 46 heavy (non-hydrogen) atoms. The fourth-order valence-electron chi connectivity index (χ4n) is 3.59. The van der Waals surface area contributed by atoms with Gasteiger partial charge in [-0.25, -0.2) is 16.8 Å². The first kappa shape index (κ1) is 34.1. The Labute approximate surface area is 270 Å². The Bertz CT molecular complexity index is 1830. The predicted molar refractivity (Wildman–Crippen MR) is 165 cm³/mol. The smallest absolute Gasteiger partial charge is 0.301 e. The number of hydrogen-bond donors (Lipinski definition) is 4. The van der Waals surface area contributed by atoms with Crippen molar-refractivity contribution >= 4 is 78.5 Å². The van der Waals surface area contributed by atoms with Crippen LogP contribution in [0.3, 0.4) is 0 Å². The van der Waals surface area contributed by atoms with Gasteiger partial charge in [-0.15, -0.1) is 0 Å². The van der Waals surface area contributed by atoms with E-state index in [-0.39, 0.29) is 12.0 Å². The van der Waals surface area contributed by atoms with Crippen molar-refractivity contribution in [2.24, 2.45) is 0 Å². The van der Waals surface area contributed by atoms with Crippen molar-refractivity contribution in [2.45, 2.75) is 0 Å². The number of anilines is 2. The zero-order chi connectivity index (χ0) is 33.5. The summed E-state index contributed by atoms with van der Waals surface area (Å²) < 4.78 is 59.4. The van der Waals surface area contributed by atoms with E-state index in [0.717, 1.165) is 0 Å². The molecule has 0 aliphatic rings. The molecular formula is C26H22Cl2N6O10S2. The molecule has 242 valence electrons. The number of rotatable bonds is 12. The van der Waals surface area contributed by atoms with E-state index in [1.807, 2.05) is 0 Å². The second-order valence-corrected chi connectivity index (χ2v) is 14.3. The van der Waals surface area contributed by atoms with Crippen molar-refractivity contribution in [1.29, 1.82) is 0 Å². The first-order chi connectivity index (χ1) is 21.7. The Balaban J connectivity index is 1.18. The number of nitrogens with zero attached hydrogens (tertiary/aromatic N) is 2. The monoisotopic (exact) mass is 712 g/mol. The Morgan fingerprint density at radius 2 is 0.891 bits per heavy atom. The van der Waals surface area contributed by atoms with E-state index in [9.17, 15) is 36.0 Å². The van der Waals surface area contributed by atoms with Gasteiger partial charge in [-0.2, -0.15) is 9.97 Å². The van der Waals surface area contributed by atoms with E-state index in [1.165, 1.54) is 12.5 Å². The number of benzene rings is 2. The summed E-state index contributed by atoms with van der Waals surface area (Å²) in [7, 11) is -8.70. The molecule has 2 heterocycles. The summed E-state index contributed by atoms with van der Waals surface area (Å²) in [6.07, 6.45) is 2.45. The Hall–Kier alpha value is -4.78. The lowest BCUT2D eigenvalue weighted by Gasteiger charge is -2.08. The van der Waals surface area contributed by atoms with Gasteiger partial charge >= 0.3 is 12.0 Å². The summed E-state index contributed by atoms with van der Waals surface area (Å²) in [5.41, 5.74) is 5.39. The van der Waals surface area contributed by atoms with E-state index in [2.05, 4.69) is 20.6 Å². The SMILES string of the molecule is O=C(CS(=O)(=O)CC(=O)Nc1nc(-c2ccc(Cl)cc2)co1)NNC(=O)CS(=O)(=O)CC(=O)Nc1nc(-c2ccc(Cl)cc2)co1. The Kier molecular flexibility index (Phi) is 10.8. The molecule has 0 unspecified atom stereocenters. The van der Waals surface area contributed by atoms with Crippen molar-refractivity contribution < 1.29 is 44.8 Å². The van der Waals surface area contributed by atoms with Gasteiger partial charge in [-0.3, -0.25) is 40.7 Å². The summed E-state index contributed by atoms with van der Waals surface area (Å²) in [4.78, 5) is 56.5. The highest BCUT2D eigenvalue weighted by Crippen LogP contribution is 2.23. The third kappa shape index (κ3) is 10.4. The molecule has 0 saturated carbocycles. The van der Waals surface area contributed by atoms with Crippen molar-refractivity contribution in [3.63, 3.8) is 0 Å².